The molecule has 0 bridgehead atoms. The molecule has 0 radical (unpaired) electrons. The van der Waals surface area contributed by atoms with Crippen molar-refractivity contribution in [2.24, 2.45) is 5.73 Å². The third-order valence-corrected chi connectivity index (χ3v) is 2.93. The fraction of sp³-hybridized carbons (Fsp3) is 0.0833. The molecule has 92 valence electrons. The molecular weight excluding hydrogens is 248 g/mol. The van der Waals surface area contributed by atoms with Crippen molar-refractivity contribution in [1.29, 1.82) is 0 Å². The lowest BCUT2D eigenvalue weighted by molar-refractivity contribution is -0.115. The molecule has 2 rings (SSSR count). The second kappa shape index (κ2) is 6.02. The SMILES string of the molecule is NC(=O)CSc1n[nH]c(/C=C/c2ccccc2)n1. The normalized spacial score (nSPS) is 10.9. The van der Waals surface area contributed by atoms with E-state index < -0.39 is 0 Å². The van der Waals surface area contributed by atoms with Crippen LogP contribution in [0.1, 0.15) is 11.4 Å². The Morgan fingerprint density at radius 3 is 2.83 bits per heavy atom. The maximum absolute atomic E-state index is 10.6. The fourth-order valence-electron chi connectivity index (χ4n) is 1.27. The number of thioether (sulfide) groups is 1. The highest BCUT2D eigenvalue weighted by molar-refractivity contribution is 7.99. The van der Waals surface area contributed by atoms with Crippen LogP contribution in [0.5, 0.6) is 0 Å². The Morgan fingerprint density at radius 1 is 1.33 bits per heavy atom. The molecule has 0 aliphatic heterocycles. The van der Waals surface area contributed by atoms with Crippen molar-refractivity contribution < 1.29 is 4.79 Å². The molecule has 0 atom stereocenters. The van der Waals surface area contributed by atoms with Crippen molar-refractivity contribution in [3.8, 4) is 0 Å². The van der Waals surface area contributed by atoms with Crippen LogP contribution in [-0.2, 0) is 4.79 Å². The van der Waals surface area contributed by atoms with Gasteiger partial charge in [-0.3, -0.25) is 9.89 Å². The standard InChI is InChI=1S/C12H12N4OS/c13-10(17)8-18-12-14-11(15-16-12)7-6-9-4-2-1-3-5-9/h1-7H,8H2,(H2,13,17)(H,14,15,16)/b7-6+. The van der Waals surface area contributed by atoms with E-state index in [1.807, 2.05) is 42.5 Å². The topological polar surface area (TPSA) is 84.7 Å². The van der Waals surface area contributed by atoms with Gasteiger partial charge in [-0.15, -0.1) is 5.10 Å². The number of amides is 1. The van der Waals surface area contributed by atoms with E-state index in [-0.39, 0.29) is 11.7 Å². The summed E-state index contributed by atoms with van der Waals surface area (Å²) in [5.74, 6) is 0.441. The minimum atomic E-state index is -0.383. The number of carbonyl (C=O) groups excluding carboxylic acids is 1. The van der Waals surface area contributed by atoms with Gasteiger partial charge in [0.25, 0.3) is 0 Å². The monoisotopic (exact) mass is 260 g/mol. The highest BCUT2D eigenvalue weighted by Crippen LogP contribution is 2.12. The molecule has 1 amide bonds. The molecule has 5 nitrogen and oxygen atoms in total. The molecule has 1 aromatic heterocycles. The third kappa shape index (κ3) is 3.74. The van der Waals surface area contributed by atoms with E-state index in [0.717, 1.165) is 5.56 Å². The molecule has 1 aromatic carbocycles. The zero-order valence-electron chi connectivity index (χ0n) is 9.54. The van der Waals surface area contributed by atoms with E-state index in [1.54, 1.807) is 0 Å². The number of rotatable bonds is 5. The van der Waals surface area contributed by atoms with Gasteiger partial charge in [0.1, 0.15) is 5.82 Å². The number of nitrogens with two attached hydrogens (primary N) is 1. The first kappa shape index (κ1) is 12.4. The van der Waals surface area contributed by atoms with Gasteiger partial charge in [0, 0.05) is 0 Å². The van der Waals surface area contributed by atoms with E-state index in [2.05, 4.69) is 15.2 Å². The Balaban J connectivity index is 1.98. The van der Waals surface area contributed by atoms with Gasteiger partial charge in [-0.05, 0) is 11.6 Å². The summed E-state index contributed by atoms with van der Waals surface area (Å²) in [6, 6.07) is 9.89. The lowest BCUT2D eigenvalue weighted by Crippen LogP contribution is -2.13. The van der Waals surface area contributed by atoms with E-state index in [0.29, 0.717) is 11.0 Å². The van der Waals surface area contributed by atoms with Crippen molar-refractivity contribution in [2.45, 2.75) is 5.16 Å². The average molecular weight is 260 g/mol. The molecule has 18 heavy (non-hydrogen) atoms. The second-order valence-corrected chi connectivity index (χ2v) is 4.44. The average Bonchev–Trinajstić information content (AvgIpc) is 2.83. The Bertz CT molecular complexity index is 550. The number of aromatic nitrogens is 3. The lowest BCUT2D eigenvalue weighted by atomic mass is 10.2. The van der Waals surface area contributed by atoms with Gasteiger partial charge in [0.05, 0.1) is 5.75 Å². The van der Waals surface area contributed by atoms with E-state index in [9.17, 15) is 4.79 Å². The van der Waals surface area contributed by atoms with Crippen molar-refractivity contribution in [1.82, 2.24) is 15.2 Å². The molecule has 2 aromatic rings. The first-order valence-corrected chi connectivity index (χ1v) is 6.29. The molecule has 0 unspecified atom stereocenters. The lowest BCUT2D eigenvalue weighted by Gasteiger charge is -1.90. The molecule has 1 heterocycles. The van der Waals surface area contributed by atoms with Crippen LogP contribution in [0.25, 0.3) is 12.2 Å². The van der Waals surface area contributed by atoms with Gasteiger partial charge >= 0.3 is 0 Å². The molecule has 0 aliphatic rings. The number of H-pyrrole nitrogens is 1. The summed E-state index contributed by atoms with van der Waals surface area (Å²) in [6.07, 6.45) is 3.76. The van der Waals surface area contributed by atoms with Crippen molar-refractivity contribution in [3.05, 3.63) is 41.7 Å². The zero-order chi connectivity index (χ0) is 12.8. The summed E-state index contributed by atoms with van der Waals surface area (Å²) in [6.45, 7) is 0. The largest absolute Gasteiger partial charge is 0.369 e. The molecule has 0 saturated heterocycles. The molecule has 6 heteroatoms. The quantitative estimate of drug-likeness (QED) is 0.799. The second-order valence-electron chi connectivity index (χ2n) is 3.50. The molecule has 0 saturated carbocycles. The summed E-state index contributed by atoms with van der Waals surface area (Å²) in [7, 11) is 0. The van der Waals surface area contributed by atoms with E-state index >= 15 is 0 Å². The zero-order valence-corrected chi connectivity index (χ0v) is 10.4. The van der Waals surface area contributed by atoms with Crippen LogP contribution in [0.2, 0.25) is 0 Å². The van der Waals surface area contributed by atoms with Gasteiger partial charge in [-0.1, -0.05) is 48.2 Å². The molecular formula is C12H12N4OS. The molecule has 3 N–H and O–H groups in total. The first-order valence-electron chi connectivity index (χ1n) is 5.30. The number of hydrogen-bond acceptors (Lipinski definition) is 4. The predicted octanol–water partition coefficient (Wildman–Crippen LogP) is 1.55. The van der Waals surface area contributed by atoms with Crippen LogP contribution in [0.15, 0.2) is 35.5 Å². The molecule has 0 aliphatic carbocycles. The fourth-order valence-corrected chi connectivity index (χ4v) is 1.82. The summed E-state index contributed by atoms with van der Waals surface area (Å²) >= 11 is 1.21. The molecule has 0 spiro atoms. The van der Waals surface area contributed by atoms with Crippen LogP contribution in [0.3, 0.4) is 0 Å². The number of hydrogen-bond donors (Lipinski definition) is 2. The van der Waals surface area contributed by atoms with Crippen LogP contribution in [0.4, 0.5) is 0 Å². The van der Waals surface area contributed by atoms with E-state index in [4.69, 9.17) is 5.73 Å². The van der Waals surface area contributed by atoms with Crippen LogP contribution in [-0.4, -0.2) is 26.8 Å². The first-order chi connectivity index (χ1) is 8.74. The van der Waals surface area contributed by atoms with Gasteiger partial charge in [0.2, 0.25) is 11.1 Å². The van der Waals surface area contributed by atoms with Gasteiger partial charge < -0.3 is 5.73 Å². The van der Waals surface area contributed by atoms with E-state index in [1.165, 1.54) is 11.8 Å². The van der Waals surface area contributed by atoms with Crippen LogP contribution >= 0.6 is 11.8 Å². The number of carbonyl (C=O) groups is 1. The minimum Gasteiger partial charge on any atom is -0.369 e. The number of primary amides is 1. The van der Waals surface area contributed by atoms with Crippen molar-refractivity contribution in [3.63, 3.8) is 0 Å². The summed E-state index contributed by atoms with van der Waals surface area (Å²) in [5.41, 5.74) is 6.13. The predicted molar refractivity (Wildman–Crippen MR) is 71.7 cm³/mol. The van der Waals surface area contributed by atoms with Crippen molar-refractivity contribution >= 4 is 29.8 Å². The molecule has 0 fully saturated rings. The highest BCUT2D eigenvalue weighted by atomic mass is 32.2. The number of benzene rings is 1. The van der Waals surface area contributed by atoms with Gasteiger partial charge in [-0.25, -0.2) is 4.98 Å². The smallest absolute Gasteiger partial charge is 0.227 e. The number of nitrogens with one attached hydrogen (secondary N) is 1. The minimum absolute atomic E-state index is 0.180. The maximum Gasteiger partial charge on any atom is 0.227 e. The Morgan fingerprint density at radius 2 is 2.11 bits per heavy atom. The Labute approximate surface area is 109 Å². The number of nitrogens with zero attached hydrogens (tertiary/aromatic N) is 2. The third-order valence-electron chi connectivity index (χ3n) is 2.06. The summed E-state index contributed by atoms with van der Waals surface area (Å²) in [4.78, 5) is 14.8. The summed E-state index contributed by atoms with van der Waals surface area (Å²) in [5, 5.41) is 7.26. The van der Waals surface area contributed by atoms with Crippen molar-refractivity contribution in [2.75, 3.05) is 5.75 Å². The Kier molecular flexibility index (Phi) is 4.14. The van der Waals surface area contributed by atoms with Crippen LogP contribution < -0.4 is 5.73 Å². The number of aromatic amines is 1. The van der Waals surface area contributed by atoms with Gasteiger partial charge in [-0.2, -0.15) is 0 Å². The Hall–Kier alpha value is -2.08. The van der Waals surface area contributed by atoms with Crippen LogP contribution in [0, 0.1) is 0 Å². The van der Waals surface area contributed by atoms with Gasteiger partial charge in [0.15, 0.2) is 0 Å². The summed E-state index contributed by atoms with van der Waals surface area (Å²) < 4.78 is 0. The maximum atomic E-state index is 10.6. The highest BCUT2D eigenvalue weighted by Gasteiger charge is 2.03.